The molecule has 1 N–H and O–H groups in total. The lowest BCUT2D eigenvalue weighted by Crippen LogP contribution is -2.34. The van der Waals surface area contributed by atoms with Gasteiger partial charge in [-0.15, -0.1) is 4.91 Å². The normalized spacial score (nSPS) is 18.2. The van der Waals surface area contributed by atoms with Gasteiger partial charge in [0.15, 0.2) is 0 Å². The van der Waals surface area contributed by atoms with Crippen molar-refractivity contribution in [1.29, 1.82) is 0 Å². The van der Waals surface area contributed by atoms with E-state index in [9.17, 15) is 9.70 Å². The number of carbonyl (C=O) groups is 1. The second kappa shape index (κ2) is 7.58. The first kappa shape index (κ1) is 21.0. The van der Waals surface area contributed by atoms with E-state index >= 15 is 0 Å². The van der Waals surface area contributed by atoms with Crippen molar-refractivity contribution in [2.75, 3.05) is 0 Å². The van der Waals surface area contributed by atoms with Crippen LogP contribution >= 0.6 is 0 Å². The van der Waals surface area contributed by atoms with E-state index in [-0.39, 0.29) is 16.4 Å². The summed E-state index contributed by atoms with van der Waals surface area (Å²) in [4.78, 5) is 22.7. The average Bonchev–Trinajstić information content (AvgIpc) is 2.67. The summed E-state index contributed by atoms with van der Waals surface area (Å²) in [5.74, 6) is -0.955. The van der Waals surface area contributed by atoms with Gasteiger partial charge >= 0.3 is 5.97 Å². The molecular weight excluding hydrogens is 362 g/mol. The number of aryl methyl sites for hydroxylation is 1. The number of rotatable bonds is 5. The number of aromatic carboxylic acids is 1. The Morgan fingerprint density at radius 1 is 1.03 bits per heavy atom. The molecule has 2 aromatic carbocycles. The van der Waals surface area contributed by atoms with E-state index in [4.69, 9.17) is 5.11 Å². The summed E-state index contributed by atoms with van der Waals surface area (Å²) in [6.07, 6.45) is 5.87. The smallest absolute Gasteiger partial charge is 0.335 e. The predicted molar refractivity (Wildman–Crippen MR) is 117 cm³/mol. The predicted octanol–water partition coefficient (Wildman–Crippen LogP) is 6.56. The van der Waals surface area contributed by atoms with Crippen molar-refractivity contribution in [3.05, 3.63) is 80.8 Å². The molecule has 0 fully saturated rings. The quantitative estimate of drug-likeness (QED) is 0.587. The lowest BCUT2D eigenvalue weighted by atomic mass is 9.62. The molecule has 0 saturated heterocycles. The summed E-state index contributed by atoms with van der Waals surface area (Å²) >= 11 is 0. The minimum absolute atomic E-state index is 0.0666. The van der Waals surface area contributed by atoms with Gasteiger partial charge in [0.05, 0.1) is 5.56 Å². The molecule has 0 radical (unpaired) electrons. The standard InChI is InChI=1S/C25H29NO3/c1-16-14-20-21(25(4,5)13-12-24(20,2)3)15-19(16)22(26-29)11-8-17-6-9-18(10-7-17)23(27)28/h6-11,14-15,22H,12-13H2,1-5H3,(H,27,28). The molecular formula is C25H29NO3. The Bertz CT molecular complexity index is 968. The maximum absolute atomic E-state index is 11.7. The van der Waals surface area contributed by atoms with Crippen LogP contribution in [0.4, 0.5) is 0 Å². The van der Waals surface area contributed by atoms with Gasteiger partial charge in [-0.05, 0) is 70.5 Å². The molecule has 0 bridgehead atoms. The molecule has 0 saturated carbocycles. The molecule has 29 heavy (non-hydrogen) atoms. The topological polar surface area (TPSA) is 66.7 Å². The van der Waals surface area contributed by atoms with Crippen LogP contribution in [0.3, 0.4) is 0 Å². The fourth-order valence-electron chi connectivity index (χ4n) is 4.19. The molecule has 1 unspecified atom stereocenters. The summed E-state index contributed by atoms with van der Waals surface area (Å²) in [6.45, 7) is 11.2. The van der Waals surface area contributed by atoms with Crippen molar-refractivity contribution in [2.24, 2.45) is 5.18 Å². The fraction of sp³-hybridized carbons (Fsp3) is 0.400. The van der Waals surface area contributed by atoms with Crippen molar-refractivity contribution in [3.63, 3.8) is 0 Å². The molecule has 1 aliphatic carbocycles. The highest BCUT2D eigenvalue weighted by atomic mass is 16.4. The molecule has 0 amide bonds. The zero-order valence-corrected chi connectivity index (χ0v) is 17.8. The molecule has 4 nitrogen and oxygen atoms in total. The molecule has 0 heterocycles. The third-order valence-electron chi connectivity index (χ3n) is 6.30. The van der Waals surface area contributed by atoms with Gasteiger partial charge in [-0.1, -0.05) is 69.3 Å². The van der Waals surface area contributed by atoms with Crippen LogP contribution in [0, 0.1) is 11.8 Å². The Balaban J connectivity index is 1.98. The highest BCUT2D eigenvalue weighted by Gasteiger charge is 2.37. The highest BCUT2D eigenvalue weighted by Crippen LogP contribution is 2.47. The molecule has 0 spiro atoms. The van der Waals surface area contributed by atoms with Gasteiger partial charge in [0.25, 0.3) is 0 Å². The fourth-order valence-corrected chi connectivity index (χ4v) is 4.19. The van der Waals surface area contributed by atoms with Crippen LogP contribution in [-0.2, 0) is 10.8 Å². The number of nitroso groups, excluding NO2 is 1. The highest BCUT2D eigenvalue weighted by molar-refractivity contribution is 5.87. The molecule has 2 aromatic rings. The van der Waals surface area contributed by atoms with Crippen LogP contribution in [0.15, 0.2) is 47.7 Å². The Hall–Kier alpha value is -2.75. The molecule has 1 aliphatic rings. The van der Waals surface area contributed by atoms with Crippen LogP contribution in [0.25, 0.3) is 6.08 Å². The van der Waals surface area contributed by atoms with Gasteiger partial charge < -0.3 is 5.11 Å². The monoisotopic (exact) mass is 391 g/mol. The second-order valence-corrected chi connectivity index (χ2v) is 9.36. The Kier molecular flexibility index (Phi) is 5.48. The summed E-state index contributed by atoms with van der Waals surface area (Å²) in [5, 5.41) is 12.4. The second-order valence-electron chi connectivity index (χ2n) is 9.36. The molecule has 152 valence electrons. The Morgan fingerprint density at radius 2 is 1.59 bits per heavy atom. The van der Waals surface area contributed by atoms with E-state index in [0.717, 1.165) is 29.5 Å². The number of fused-ring (bicyclic) bond motifs is 1. The van der Waals surface area contributed by atoms with Gasteiger partial charge in [-0.2, -0.15) is 0 Å². The van der Waals surface area contributed by atoms with Crippen molar-refractivity contribution in [1.82, 2.24) is 0 Å². The van der Waals surface area contributed by atoms with Gasteiger partial charge in [0.2, 0.25) is 0 Å². The van der Waals surface area contributed by atoms with Crippen LogP contribution in [0.5, 0.6) is 0 Å². The maximum Gasteiger partial charge on any atom is 0.335 e. The lowest BCUT2D eigenvalue weighted by molar-refractivity contribution is 0.0697. The summed E-state index contributed by atoms with van der Waals surface area (Å²) in [7, 11) is 0. The minimum Gasteiger partial charge on any atom is -0.478 e. The van der Waals surface area contributed by atoms with Crippen LogP contribution in [-0.4, -0.2) is 11.1 Å². The summed E-state index contributed by atoms with van der Waals surface area (Å²) < 4.78 is 0. The minimum atomic E-state index is -0.955. The first-order valence-electron chi connectivity index (χ1n) is 10.0. The molecule has 1 atom stereocenters. The average molecular weight is 392 g/mol. The van der Waals surface area contributed by atoms with E-state index in [1.165, 1.54) is 11.1 Å². The largest absolute Gasteiger partial charge is 0.478 e. The van der Waals surface area contributed by atoms with Crippen LogP contribution in [0.1, 0.15) is 84.8 Å². The molecule has 0 aliphatic heterocycles. The van der Waals surface area contributed by atoms with Crippen molar-refractivity contribution < 1.29 is 9.90 Å². The number of hydrogen-bond donors (Lipinski definition) is 1. The van der Waals surface area contributed by atoms with E-state index in [0.29, 0.717) is 0 Å². The van der Waals surface area contributed by atoms with Crippen molar-refractivity contribution >= 4 is 12.0 Å². The first-order chi connectivity index (χ1) is 13.5. The SMILES string of the molecule is Cc1cc2c(cc1C(C=Cc1ccc(C(=O)O)cc1)N=O)C(C)(C)CCC2(C)C. The maximum atomic E-state index is 11.7. The van der Waals surface area contributed by atoms with E-state index in [1.807, 2.05) is 13.0 Å². The summed E-state index contributed by atoms with van der Waals surface area (Å²) in [6, 6.07) is 10.4. The van der Waals surface area contributed by atoms with E-state index in [2.05, 4.69) is 45.0 Å². The number of carboxylic acids is 1. The van der Waals surface area contributed by atoms with Gasteiger partial charge in [-0.3, -0.25) is 0 Å². The molecule has 3 rings (SSSR count). The van der Waals surface area contributed by atoms with Crippen LogP contribution in [0.2, 0.25) is 0 Å². The van der Waals surface area contributed by atoms with Gasteiger partial charge in [-0.25, -0.2) is 4.79 Å². The lowest BCUT2D eigenvalue weighted by Gasteiger charge is -2.42. The van der Waals surface area contributed by atoms with Gasteiger partial charge in [0, 0.05) is 0 Å². The summed E-state index contributed by atoms with van der Waals surface area (Å²) in [5.41, 5.74) is 5.95. The molecule has 0 aromatic heterocycles. The first-order valence-corrected chi connectivity index (χ1v) is 10.0. The Labute approximate surface area is 172 Å². The number of nitrogens with zero attached hydrogens (tertiary/aromatic N) is 1. The molecule has 4 heteroatoms. The zero-order valence-electron chi connectivity index (χ0n) is 17.8. The number of benzene rings is 2. The third kappa shape index (κ3) is 4.16. The number of carboxylic acid groups (broad SMARTS) is 1. The van der Waals surface area contributed by atoms with Crippen molar-refractivity contribution in [2.45, 2.75) is 64.3 Å². The number of hydrogen-bond acceptors (Lipinski definition) is 3. The van der Waals surface area contributed by atoms with Gasteiger partial charge in [0.1, 0.15) is 6.04 Å². The van der Waals surface area contributed by atoms with Crippen molar-refractivity contribution in [3.8, 4) is 0 Å². The van der Waals surface area contributed by atoms with E-state index < -0.39 is 12.0 Å². The Morgan fingerprint density at radius 3 is 2.10 bits per heavy atom. The van der Waals surface area contributed by atoms with E-state index in [1.54, 1.807) is 30.3 Å². The van der Waals surface area contributed by atoms with Crippen LogP contribution < -0.4 is 0 Å². The third-order valence-corrected chi connectivity index (χ3v) is 6.30. The zero-order chi connectivity index (χ0) is 21.4.